The Hall–Kier alpha value is -1.89. The highest BCUT2D eigenvalue weighted by Crippen LogP contribution is 2.37. The summed E-state index contributed by atoms with van der Waals surface area (Å²) in [5.41, 5.74) is 5.52. The molecule has 0 aromatic carbocycles. The highest BCUT2D eigenvalue weighted by atomic mass is 79.9. The molecule has 0 aliphatic heterocycles. The molecule has 0 fully saturated rings. The van der Waals surface area contributed by atoms with Crippen LogP contribution in [0.5, 0.6) is 0 Å². The third-order valence-corrected chi connectivity index (χ3v) is 8.89. The van der Waals surface area contributed by atoms with Gasteiger partial charge in [0.1, 0.15) is 11.7 Å². The van der Waals surface area contributed by atoms with Gasteiger partial charge in [0.2, 0.25) is 9.84 Å². The number of imidazole rings is 1. The standard InChI is InChI=1S/C17H19BrN6O2S3/c1-27-17-14(8-13(28-17)15(19)20)29(25,26)11-7-12(18)16(23-9-11)22-3-2-5-24-6-4-21-10-24/h4,6-10H,2-3,5H2,1H3,(H3,19,20)(H,22,23). The molecule has 0 aliphatic carbocycles. The molecule has 0 atom stereocenters. The van der Waals surface area contributed by atoms with Crippen molar-refractivity contribution in [3.05, 3.63) is 46.4 Å². The van der Waals surface area contributed by atoms with E-state index in [0.717, 1.165) is 13.0 Å². The van der Waals surface area contributed by atoms with E-state index in [1.165, 1.54) is 41.4 Å². The number of nitrogens with one attached hydrogen (secondary N) is 2. The lowest BCUT2D eigenvalue weighted by molar-refractivity contribution is 0.594. The number of pyridine rings is 1. The Bertz CT molecular complexity index is 1110. The molecular weight excluding hydrogens is 496 g/mol. The van der Waals surface area contributed by atoms with Crippen LogP contribution in [0.25, 0.3) is 0 Å². The first kappa shape index (κ1) is 21.8. The van der Waals surface area contributed by atoms with E-state index in [0.29, 0.717) is 25.9 Å². The van der Waals surface area contributed by atoms with Crippen molar-refractivity contribution in [1.29, 1.82) is 5.41 Å². The molecule has 0 saturated heterocycles. The molecule has 29 heavy (non-hydrogen) atoms. The Kier molecular flexibility index (Phi) is 6.98. The summed E-state index contributed by atoms with van der Waals surface area (Å²) in [6, 6.07) is 2.99. The van der Waals surface area contributed by atoms with Crippen LogP contribution in [0.15, 0.2) is 55.5 Å². The van der Waals surface area contributed by atoms with E-state index < -0.39 is 9.84 Å². The van der Waals surface area contributed by atoms with Crippen molar-refractivity contribution >= 4 is 60.5 Å². The largest absolute Gasteiger partial charge is 0.383 e. The fourth-order valence-electron chi connectivity index (χ4n) is 2.53. The lowest BCUT2D eigenvalue weighted by Crippen LogP contribution is -2.09. The average Bonchev–Trinajstić information content (AvgIpc) is 3.36. The number of aromatic nitrogens is 3. The number of hydrogen-bond acceptors (Lipinski definition) is 8. The second kappa shape index (κ2) is 9.28. The molecular formula is C17H19BrN6O2S3. The number of nitrogen functional groups attached to an aromatic ring is 1. The van der Waals surface area contributed by atoms with Gasteiger partial charge in [-0.3, -0.25) is 5.41 Å². The summed E-state index contributed by atoms with van der Waals surface area (Å²) >= 11 is 5.91. The minimum atomic E-state index is -3.78. The summed E-state index contributed by atoms with van der Waals surface area (Å²) in [6.45, 7) is 1.50. The first-order chi connectivity index (χ1) is 13.8. The molecule has 4 N–H and O–H groups in total. The molecule has 3 heterocycles. The van der Waals surface area contributed by atoms with E-state index in [-0.39, 0.29) is 15.6 Å². The van der Waals surface area contributed by atoms with Crippen LogP contribution in [0, 0.1) is 5.41 Å². The van der Waals surface area contributed by atoms with Crippen LogP contribution in [-0.2, 0) is 16.4 Å². The zero-order valence-electron chi connectivity index (χ0n) is 15.4. The Labute approximate surface area is 185 Å². The number of thiophene rings is 1. The summed E-state index contributed by atoms with van der Waals surface area (Å²) in [5.74, 6) is 0.427. The van der Waals surface area contributed by atoms with E-state index in [1.807, 2.05) is 10.8 Å². The molecule has 0 saturated carbocycles. The summed E-state index contributed by atoms with van der Waals surface area (Å²) in [5, 5.41) is 10.8. The van der Waals surface area contributed by atoms with Gasteiger partial charge in [0, 0.05) is 31.7 Å². The molecule has 3 rings (SSSR count). The number of nitrogens with zero attached hydrogens (tertiary/aromatic N) is 3. The highest BCUT2D eigenvalue weighted by Gasteiger charge is 2.26. The van der Waals surface area contributed by atoms with Gasteiger partial charge in [-0.2, -0.15) is 0 Å². The summed E-state index contributed by atoms with van der Waals surface area (Å²) in [7, 11) is -3.78. The zero-order chi connectivity index (χ0) is 21.0. The molecule has 0 bridgehead atoms. The smallest absolute Gasteiger partial charge is 0.210 e. The molecule has 154 valence electrons. The highest BCUT2D eigenvalue weighted by molar-refractivity contribution is 9.10. The van der Waals surface area contributed by atoms with Crippen LogP contribution < -0.4 is 11.1 Å². The van der Waals surface area contributed by atoms with Crippen LogP contribution in [0.4, 0.5) is 5.82 Å². The van der Waals surface area contributed by atoms with E-state index in [2.05, 4.69) is 31.2 Å². The van der Waals surface area contributed by atoms with Crippen molar-refractivity contribution in [1.82, 2.24) is 14.5 Å². The Morgan fingerprint density at radius 1 is 1.45 bits per heavy atom. The maximum Gasteiger partial charge on any atom is 0.210 e. The normalized spacial score (nSPS) is 11.5. The number of hydrogen-bond donors (Lipinski definition) is 3. The van der Waals surface area contributed by atoms with Gasteiger partial charge in [-0.05, 0) is 40.7 Å². The van der Waals surface area contributed by atoms with Crippen LogP contribution >= 0.6 is 39.0 Å². The van der Waals surface area contributed by atoms with E-state index in [1.54, 1.807) is 18.8 Å². The van der Waals surface area contributed by atoms with Gasteiger partial charge in [-0.1, -0.05) is 0 Å². The van der Waals surface area contributed by atoms with Gasteiger partial charge < -0.3 is 15.6 Å². The topological polar surface area (TPSA) is 127 Å². The van der Waals surface area contributed by atoms with E-state index in [4.69, 9.17) is 11.1 Å². The lowest BCUT2D eigenvalue weighted by atomic mass is 10.4. The third-order valence-electron chi connectivity index (χ3n) is 3.98. The van der Waals surface area contributed by atoms with Crippen molar-refractivity contribution in [2.24, 2.45) is 5.73 Å². The average molecular weight is 515 g/mol. The van der Waals surface area contributed by atoms with Gasteiger partial charge >= 0.3 is 0 Å². The molecule has 0 spiro atoms. The van der Waals surface area contributed by atoms with Crippen LogP contribution in [0.2, 0.25) is 0 Å². The van der Waals surface area contributed by atoms with Crippen molar-refractivity contribution in [3.63, 3.8) is 0 Å². The molecule has 0 aliphatic rings. The van der Waals surface area contributed by atoms with Crippen molar-refractivity contribution in [3.8, 4) is 0 Å². The van der Waals surface area contributed by atoms with Crippen LogP contribution in [-0.4, -0.2) is 41.6 Å². The fraction of sp³-hybridized carbons (Fsp3) is 0.235. The predicted molar refractivity (Wildman–Crippen MR) is 120 cm³/mol. The number of rotatable bonds is 9. The Morgan fingerprint density at radius 3 is 2.86 bits per heavy atom. The van der Waals surface area contributed by atoms with Crippen molar-refractivity contribution in [2.45, 2.75) is 27.0 Å². The Balaban J connectivity index is 1.75. The van der Waals surface area contributed by atoms with Gasteiger partial charge in [0.25, 0.3) is 0 Å². The van der Waals surface area contributed by atoms with Crippen LogP contribution in [0.1, 0.15) is 11.3 Å². The van der Waals surface area contributed by atoms with Gasteiger partial charge in [-0.15, -0.1) is 23.1 Å². The first-order valence-electron chi connectivity index (χ1n) is 8.45. The van der Waals surface area contributed by atoms with E-state index in [9.17, 15) is 8.42 Å². The molecule has 0 unspecified atom stereocenters. The molecule has 8 nitrogen and oxygen atoms in total. The Morgan fingerprint density at radius 2 is 2.24 bits per heavy atom. The molecule has 0 radical (unpaired) electrons. The molecule has 3 aromatic heterocycles. The number of halogens is 1. The lowest BCUT2D eigenvalue weighted by Gasteiger charge is -2.10. The number of aryl methyl sites for hydroxylation is 1. The summed E-state index contributed by atoms with van der Waals surface area (Å²) < 4.78 is 29.3. The number of anilines is 1. The molecule has 3 aromatic rings. The van der Waals surface area contributed by atoms with Crippen LogP contribution in [0.3, 0.4) is 0 Å². The van der Waals surface area contributed by atoms with Crippen molar-refractivity contribution in [2.75, 3.05) is 18.1 Å². The fourth-order valence-corrected chi connectivity index (χ4v) is 7.00. The first-order valence-corrected chi connectivity index (χ1v) is 12.8. The predicted octanol–water partition coefficient (Wildman–Crippen LogP) is 3.44. The summed E-state index contributed by atoms with van der Waals surface area (Å²) in [4.78, 5) is 8.93. The van der Waals surface area contributed by atoms with Gasteiger partial charge in [0.05, 0.1) is 29.7 Å². The minimum Gasteiger partial charge on any atom is -0.383 e. The monoisotopic (exact) mass is 514 g/mol. The zero-order valence-corrected chi connectivity index (χ0v) is 19.5. The second-order valence-electron chi connectivity index (χ2n) is 5.97. The maximum atomic E-state index is 13.1. The van der Waals surface area contributed by atoms with Gasteiger partial charge in [-0.25, -0.2) is 18.4 Å². The van der Waals surface area contributed by atoms with E-state index >= 15 is 0 Å². The van der Waals surface area contributed by atoms with Crippen molar-refractivity contribution < 1.29 is 8.42 Å². The number of thioether (sulfide) groups is 1. The number of sulfone groups is 1. The molecule has 0 amide bonds. The SMILES string of the molecule is CSc1sc(C(=N)N)cc1S(=O)(=O)c1cnc(NCCCn2ccnc2)c(Br)c1. The number of amidine groups is 1. The molecule has 12 heteroatoms. The maximum absolute atomic E-state index is 13.1. The third kappa shape index (κ3) is 5.00. The quantitative estimate of drug-likeness (QED) is 0.172. The minimum absolute atomic E-state index is 0.0801. The van der Waals surface area contributed by atoms with Gasteiger partial charge in [0.15, 0.2) is 0 Å². The number of nitrogens with two attached hydrogens (primary N) is 1. The second-order valence-corrected chi connectivity index (χ2v) is 10.9. The summed E-state index contributed by atoms with van der Waals surface area (Å²) in [6.07, 6.45) is 9.40.